The predicted octanol–water partition coefficient (Wildman–Crippen LogP) is 4.19. The first kappa shape index (κ1) is 21.0. The summed E-state index contributed by atoms with van der Waals surface area (Å²) in [5, 5.41) is 2.75. The highest BCUT2D eigenvalue weighted by Crippen LogP contribution is 2.24. The number of ether oxygens (including phenoxy) is 1. The van der Waals surface area contributed by atoms with Crippen LogP contribution in [0.1, 0.15) is 39.2 Å². The van der Waals surface area contributed by atoms with E-state index in [2.05, 4.69) is 38.2 Å². The van der Waals surface area contributed by atoms with Crippen LogP contribution in [-0.4, -0.2) is 27.2 Å². The molecule has 0 aliphatic rings. The largest absolute Gasteiger partial charge is 0.494 e. The van der Waals surface area contributed by atoms with Gasteiger partial charge in [0.2, 0.25) is 5.91 Å². The number of anilines is 1. The molecule has 0 fully saturated rings. The molecule has 0 bridgehead atoms. The van der Waals surface area contributed by atoms with E-state index in [1.807, 2.05) is 12.1 Å². The van der Waals surface area contributed by atoms with Crippen molar-refractivity contribution in [1.29, 1.82) is 0 Å². The van der Waals surface area contributed by atoms with Gasteiger partial charge in [0, 0.05) is 18.4 Å². The summed E-state index contributed by atoms with van der Waals surface area (Å²) in [4.78, 5) is 12.2. The summed E-state index contributed by atoms with van der Waals surface area (Å²) in [6.45, 7) is 6.94. The predicted molar refractivity (Wildman–Crippen MR) is 108 cm³/mol. The number of hydrogen-bond donors (Lipinski definition) is 1. The van der Waals surface area contributed by atoms with E-state index in [0.29, 0.717) is 25.1 Å². The van der Waals surface area contributed by atoms with Crippen LogP contribution < -0.4 is 10.1 Å². The van der Waals surface area contributed by atoms with Crippen LogP contribution in [0.3, 0.4) is 0 Å². The zero-order valence-corrected chi connectivity index (χ0v) is 17.1. The fraction of sp³-hybridized carbons (Fsp3) is 0.381. The van der Waals surface area contributed by atoms with Crippen LogP contribution in [-0.2, 0) is 20.0 Å². The Bertz CT molecular complexity index is 864. The second-order valence-corrected chi connectivity index (χ2v) is 9.59. The molecule has 0 radical (unpaired) electrons. The molecule has 2 aromatic carbocycles. The first-order valence-electron chi connectivity index (χ1n) is 8.89. The molecule has 0 spiro atoms. The third kappa shape index (κ3) is 6.71. The van der Waals surface area contributed by atoms with E-state index < -0.39 is 9.84 Å². The van der Waals surface area contributed by atoms with Crippen molar-refractivity contribution in [2.75, 3.05) is 18.2 Å². The van der Waals surface area contributed by atoms with Crippen molar-refractivity contribution in [1.82, 2.24) is 0 Å². The Morgan fingerprint density at radius 3 is 2.11 bits per heavy atom. The lowest BCUT2D eigenvalue weighted by atomic mass is 9.87. The number of amides is 1. The quantitative estimate of drug-likeness (QED) is 0.721. The van der Waals surface area contributed by atoms with Crippen molar-refractivity contribution < 1.29 is 17.9 Å². The highest BCUT2D eigenvalue weighted by molar-refractivity contribution is 7.90. The fourth-order valence-electron chi connectivity index (χ4n) is 2.48. The van der Waals surface area contributed by atoms with Gasteiger partial charge in [-0.2, -0.15) is 0 Å². The number of nitrogens with one attached hydrogen (secondary N) is 1. The number of hydrogen-bond acceptors (Lipinski definition) is 4. The van der Waals surface area contributed by atoms with Gasteiger partial charge in [-0.1, -0.05) is 32.9 Å². The molecule has 5 nitrogen and oxygen atoms in total. The smallest absolute Gasteiger partial charge is 0.224 e. The van der Waals surface area contributed by atoms with Gasteiger partial charge >= 0.3 is 0 Å². The van der Waals surface area contributed by atoms with E-state index in [1.165, 1.54) is 17.7 Å². The third-order valence-electron chi connectivity index (χ3n) is 4.10. The molecule has 2 aromatic rings. The number of carbonyl (C=O) groups excluding carboxylic acids is 1. The molecule has 2 rings (SSSR count). The van der Waals surface area contributed by atoms with Crippen molar-refractivity contribution in [2.45, 2.75) is 43.9 Å². The first-order chi connectivity index (χ1) is 12.6. The summed E-state index contributed by atoms with van der Waals surface area (Å²) < 4.78 is 28.5. The van der Waals surface area contributed by atoms with Gasteiger partial charge in [-0.15, -0.1) is 0 Å². The van der Waals surface area contributed by atoms with Gasteiger partial charge in [0.05, 0.1) is 11.5 Å². The van der Waals surface area contributed by atoms with Crippen molar-refractivity contribution in [2.24, 2.45) is 0 Å². The van der Waals surface area contributed by atoms with Gasteiger partial charge in [0.15, 0.2) is 9.84 Å². The first-order valence-corrected chi connectivity index (χ1v) is 10.8. The van der Waals surface area contributed by atoms with Crippen molar-refractivity contribution in [3.05, 3.63) is 54.1 Å². The maximum absolute atomic E-state index is 12.0. The third-order valence-corrected chi connectivity index (χ3v) is 5.23. The van der Waals surface area contributed by atoms with Gasteiger partial charge in [-0.05, 0) is 53.8 Å². The Balaban J connectivity index is 1.75. The molecule has 0 aromatic heterocycles. The Kier molecular flexibility index (Phi) is 6.65. The molecule has 0 unspecified atom stereocenters. The van der Waals surface area contributed by atoms with Crippen LogP contribution in [0, 0.1) is 0 Å². The van der Waals surface area contributed by atoms with Crippen LogP contribution in [0.4, 0.5) is 5.69 Å². The van der Waals surface area contributed by atoms with Gasteiger partial charge in [0.1, 0.15) is 5.75 Å². The van der Waals surface area contributed by atoms with Crippen molar-refractivity contribution in [3.63, 3.8) is 0 Å². The minimum absolute atomic E-state index is 0.107. The molecule has 0 aliphatic heterocycles. The molecule has 27 heavy (non-hydrogen) atoms. The monoisotopic (exact) mass is 389 g/mol. The van der Waals surface area contributed by atoms with Crippen LogP contribution >= 0.6 is 0 Å². The molecule has 1 N–H and O–H groups in total. The molecule has 0 heterocycles. The molecule has 1 amide bonds. The highest BCUT2D eigenvalue weighted by Gasteiger charge is 2.13. The number of rotatable bonds is 7. The average Bonchev–Trinajstić information content (AvgIpc) is 2.58. The number of sulfone groups is 1. The van der Waals surface area contributed by atoms with Gasteiger partial charge in [0.25, 0.3) is 0 Å². The molecule has 146 valence electrons. The van der Waals surface area contributed by atoms with Gasteiger partial charge in [-0.3, -0.25) is 4.79 Å². The summed E-state index contributed by atoms with van der Waals surface area (Å²) in [6, 6.07) is 14.1. The second kappa shape index (κ2) is 8.57. The minimum atomic E-state index is -3.23. The molecular weight excluding hydrogens is 362 g/mol. The summed E-state index contributed by atoms with van der Waals surface area (Å²) in [7, 11) is -3.23. The van der Waals surface area contributed by atoms with E-state index in [0.717, 1.165) is 12.0 Å². The lowest BCUT2D eigenvalue weighted by molar-refractivity contribution is -0.116. The number of carbonyl (C=O) groups is 1. The normalized spacial score (nSPS) is 11.9. The van der Waals surface area contributed by atoms with E-state index in [1.54, 1.807) is 12.1 Å². The standard InChI is InChI=1S/C21H27NO4S/c1-21(2,3)16-7-11-18(12-8-16)26-15-5-6-20(23)22-17-9-13-19(14-10-17)27(4,24)25/h7-14H,5-6,15H2,1-4H3,(H,22,23). The minimum Gasteiger partial charge on any atom is -0.494 e. The summed E-state index contributed by atoms with van der Waals surface area (Å²) in [5.74, 6) is 0.661. The zero-order valence-electron chi connectivity index (χ0n) is 16.3. The Labute approximate surface area is 161 Å². The van der Waals surface area contributed by atoms with Crippen LogP contribution in [0.5, 0.6) is 5.75 Å². The maximum atomic E-state index is 12.0. The van der Waals surface area contributed by atoms with Crippen LogP contribution in [0.25, 0.3) is 0 Å². The topological polar surface area (TPSA) is 72.5 Å². The van der Waals surface area contributed by atoms with Crippen LogP contribution in [0.15, 0.2) is 53.4 Å². The summed E-state index contributed by atoms with van der Waals surface area (Å²) in [5.41, 5.74) is 1.93. The lowest BCUT2D eigenvalue weighted by Crippen LogP contribution is -2.13. The molecule has 0 aliphatic carbocycles. The average molecular weight is 390 g/mol. The molecule has 0 saturated carbocycles. The SMILES string of the molecule is CC(C)(C)c1ccc(OCCCC(=O)Nc2ccc(S(C)(=O)=O)cc2)cc1. The zero-order chi connectivity index (χ0) is 20.1. The summed E-state index contributed by atoms with van der Waals surface area (Å²) in [6.07, 6.45) is 2.07. The van der Waals surface area contributed by atoms with Crippen molar-refractivity contribution in [3.8, 4) is 5.75 Å². The van der Waals surface area contributed by atoms with Crippen molar-refractivity contribution >= 4 is 21.4 Å². The Morgan fingerprint density at radius 1 is 1.00 bits per heavy atom. The number of benzene rings is 2. The Morgan fingerprint density at radius 2 is 1.59 bits per heavy atom. The Hall–Kier alpha value is -2.34. The molecule has 0 saturated heterocycles. The van der Waals surface area contributed by atoms with Gasteiger partial charge < -0.3 is 10.1 Å². The highest BCUT2D eigenvalue weighted by atomic mass is 32.2. The van der Waals surface area contributed by atoms with E-state index in [9.17, 15) is 13.2 Å². The van der Waals surface area contributed by atoms with Crippen LogP contribution in [0.2, 0.25) is 0 Å². The lowest BCUT2D eigenvalue weighted by Gasteiger charge is -2.19. The summed E-state index contributed by atoms with van der Waals surface area (Å²) >= 11 is 0. The van der Waals surface area contributed by atoms with E-state index in [-0.39, 0.29) is 16.2 Å². The maximum Gasteiger partial charge on any atom is 0.224 e. The van der Waals surface area contributed by atoms with E-state index >= 15 is 0 Å². The van der Waals surface area contributed by atoms with Gasteiger partial charge in [-0.25, -0.2) is 8.42 Å². The second-order valence-electron chi connectivity index (χ2n) is 7.57. The molecule has 0 atom stereocenters. The van der Waals surface area contributed by atoms with E-state index in [4.69, 9.17) is 4.74 Å². The fourth-order valence-corrected chi connectivity index (χ4v) is 3.11. The molecule has 6 heteroatoms. The molecular formula is C21H27NO4S.